The van der Waals surface area contributed by atoms with Gasteiger partial charge >= 0.3 is 0 Å². The molecule has 0 aliphatic carbocycles. The lowest BCUT2D eigenvalue weighted by Crippen LogP contribution is -2.38. The van der Waals surface area contributed by atoms with Gasteiger partial charge in [-0.05, 0) is 54.8 Å². The molecule has 5 heteroatoms. The van der Waals surface area contributed by atoms with E-state index in [1.807, 2.05) is 18.2 Å². The number of carbonyl (C=O) groups excluding carboxylic acids is 1. The van der Waals surface area contributed by atoms with Gasteiger partial charge in [0.1, 0.15) is 11.5 Å². The Morgan fingerprint density at radius 1 is 1.17 bits per heavy atom. The van der Waals surface area contributed by atoms with Gasteiger partial charge in [-0.3, -0.25) is 4.79 Å². The van der Waals surface area contributed by atoms with E-state index in [-0.39, 0.29) is 12.5 Å². The molecule has 0 atom stereocenters. The molecule has 0 unspecified atom stereocenters. The lowest BCUT2D eigenvalue weighted by atomic mass is 10.00. The molecule has 0 aromatic heterocycles. The number of amides is 1. The number of nitrogens with zero attached hydrogens (tertiary/aromatic N) is 1. The first kappa shape index (κ1) is 15.2. The monoisotopic (exact) mass is 312 g/mol. The molecule has 1 amide bonds. The Morgan fingerprint density at radius 2 is 1.91 bits per heavy atom. The highest BCUT2D eigenvalue weighted by atomic mass is 16.5. The van der Waals surface area contributed by atoms with Crippen molar-refractivity contribution in [2.45, 2.75) is 12.8 Å². The van der Waals surface area contributed by atoms with E-state index in [1.54, 1.807) is 36.3 Å². The van der Waals surface area contributed by atoms with Crippen molar-refractivity contribution in [3.8, 4) is 11.5 Å². The third-order valence-electron chi connectivity index (χ3n) is 4.01. The number of rotatable bonds is 4. The fourth-order valence-corrected chi connectivity index (χ4v) is 2.81. The van der Waals surface area contributed by atoms with Gasteiger partial charge in [-0.1, -0.05) is 6.07 Å². The normalized spacial score (nSPS) is 13.3. The molecule has 1 heterocycles. The highest BCUT2D eigenvalue weighted by molar-refractivity contribution is 5.96. The molecule has 3 rings (SSSR count). The van der Waals surface area contributed by atoms with Crippen LogP contribution in [0, 0.1) is 0 Å². The molecule has 5 nitrogen and oxygen atoms in total. The van der Waals surface area contributed by atoms with Crippen LogP contribution in [-0.4, -0.2) is 26.2 Å². The highest BCUT2D eigenvalue weighted by Gasteiger charge is 2.23. The maximum absolute atomic E-state index is 12.5. The standard InChI is InChI=1S/C18H20N2O3/c1-22-13-7-9-14(10-8-13)23-12-18(21)20-11-3-4-15-16(19)5-2-6-17(15)20/h2,5-10H,3-4,11-12,19H2,1H3. The number of hydrogen-bond acceptors (Lipinski definition) is 4. The number of nitrogens with two attached hydrogens (primary N) is 1. The maximum Gasteiger partial charge on any atom is 0.264 e. The molecule has 2 N–H and O–H groups in total. The summed E-state index contributed by atoms with van der Waals surface area (Å²) in [4.78, 5) is 14.3. The van der Waals surface area contributed by atoms with Crippen LogP contribution >= 0.6 is 0 Å². The number of ether oxygens (including phenoxy) is 2. The Hall–Kier alpha value is -2.69. The third kappa shape index (κ3) is 3.23. The topological polar surface area (TPSA) is 64.8 Å². The maximum atomic E-state index is 12.5. The van der Waals surface area contributed by atoms with Crippen molar-refractivity contribution in [2.75, 3.05) is 30.9 Å². The molecule has 23 heavy (non-hydrogen) atoms. The summed E-state index contributed by atoms with van der Waals surface area (Å²) in [6, 6.07) is 12.9. The summed E-state index contributed by atoms with van der Waals surface area (Å²) < 4.78 is 10.7. The lowest BCUT2D eigenvalue weighted by Gasteiger charge is -2.30. The minimum absolute atomic E-state index is 0.000563. The Morgan fingerprint density at radius 3 is 2.65 bits per heavy atom. The van der Waals surface area contributed by atoms with Crippen LogP contribution in [-0.2, 0) is 11.2 Å². The molecule has 2 aromatic rings. The van der Waals surface area contributed by atoms with E-state index in [9.17, 15) is 4.79 Å². The summed E-state index contributed by atoms with van der Waals surface area (Å²) in [6.07, 6.45) is 1.82. The SMILES string of the molecule is COc1ccc(OCC(=O)N2CCCc3c(N)cccc32)cc1. The smallest absolute Gasteiger partial charge is 0.264 e. The number of nitrogen functional groups attached to an aromatic ring is 1. The van der Waals surface area contributed by atoms with E-state index in [0.29, 0.717) is 12.3 Å². The largest absolute Gasteiger partial charge is 0.497 e. The first-order chi connectivity index (χ1) is 11.2. The summed E-state index contributed by atoms with van der Waals surface area (Å²) >= 11 is 0. The zero-order valence-electron chi connectivity index (χ0n) is 13.1. The molecule has 0 fully saturated rings. The van der Waals surface area contributed by atoms with Crippen LogP contribution in [0.1, 0.15) is 12.0 Å². The summed E-state index contributed by atoms with van der Waals surface area (Å²) in [6.45, 7) is 0.696. The van der Waals surface area contributed by atoms with Crippen LogP contribution in [0.3, 0.4) is 0 Å². The summed E-state index contributed by atoms with van der Waals surface area (Å²) in [5.41, 5.74) is 8.72. The van der Waals surface area contributed by atoms with Gasteiger partial charge < -0.3 is 20.1 Å². The zero-order chi connectivity index (χ0) is 16.2. The van der Waals surface area contributed by atoms with Crippen molar-refractivity contribution >= 4 is 17.3 Å². The van der Waals surface area contributed by atoms with Crippen LogP contribution in [0.25, 0.3) is 0 Å². The van der Waals surface area contributed by atoms with E-state index >= 15 is 0 Å². The van der Waals surface area contributed by atoms with Crippen molar-refractivity contribution in [3.05, 3.63) is 48.0 Å². The van der Waals surface area contributed by atoms with Crippen LogP contribution < -0.4 is 20.1 Å². The number of hydrogen-bond donors (Lipinski definition) is 1. The van der Waals surface area contributed by atoms with Gasteiger partial charge in [-0.25, -0.2) is 0 Å². The summed E-state index contributed by atoms with van der Waals surface area (Å²) in [5, 5.41) is 0. The molecule has 1 aliphatic heterocycles. The average Bonchev–Trinajstić information content (AvgIpc) is 2.60. The average molecular weight is 312 g/mol. The van der Waals surface area contributed by atoms with Crippen molar-refractivity contribution in [1.29, 1.82) is 0 Å². The predicted octanol–water partition coefficient (Wildman–Crippen LogP) is 2.64. The zero-order valence-corrected chi connectivity index (χ0v) is 13.1. The molecular formula is C18H20N2O3. The molecule has 0 saturated heterocycles. The van der Waals surface area contributed by atoms with E-state index in [2.05, 4.69) is 0 Å². The van der Waals surface area contributed by atoms with Gasteiger partial charge in [0.15, 0.2) is 6.61 Å². The quantitative estimate of drug-likeness (QED) is 0.882. The first-order valence-electron chi connectivity index (χ1n) is 7.63. The van der Waals surface area contributed by atoms with Gasteiger partial charge in [0.2, 0.25) is 0 Å². The molecule has 120 valence electrons. The van der Waals surface area contributed by atoms with Crippen molar-refractivity contribution in [3.63, 3.8) is 0 Å². The Balaban J connectivity index is 1.68. The van der Waals surface area contributed by atoms with E-state index in [1.165, 1.54) is 0 Å². The van der Waals surface area contributed by atoms with Crippen molar-refractivity contribution in [1.82, 2.24) is 0 Å². The number of carbonyl (C=O) groups is 1. The number of fused-ring (bicyclic) bond motifs is 1. The predicted molar refractivity (Wildman–Crippen MR) is 90.0 cm³/mol. The molecule has 0 radical (unpaired) electrons. The van der Waals surface area contributed by atoms with Crippen LogP contribution in [0.15, 0.2) is 42.5 Å². The summed E-state index contributed by atoms with van der Waals surface area (Å²) in [5.74, 6) is 1.33. The van der Waals surface area contributed by atoms with Gasteiger partial charge in [0, 0.05) is 17.9 Å². The van der Waals surface area contributed by atoms with E-state index < -0.39 is 0 Å². The Kier molecular flexibility index (Phi) is 4.37. The molecule has 2 aromatic carbocycles. The molecule has 0 spiro atoms. The van der Waals surface area contributed by atoms with Crippen molar-refractivity contribution < 1.29 is 14.3 Å². The fraction of sp³-hybridized carbons (Fsp3) is 0.278. The number of benzene rings is 2. The molecule has 0 bridgehead atoms. The highest BCUT2D eigenvalue weighted by Crippen LogP contribution is 2.31. The molecule has 0 saturated carbocycles. The van der Waals surface area contributed by atoms with Gasteiger partial charge in [0.25, 0.3) is 5.91 Å². The summed E-state index contributed by atoms with van der Waals surface area (Å²) in [7, 11) is 1.61. The minimum atomic E-state index is -0.0626. The number of methoxy groups -OCH3 is 1. The van der Waals surface area contributed by atoms with Gasteiger partial charge in [-0.15, -0.1) is 0 Å². The Labute approximate surface area is 135 Å². The van der Waals surface area contributed by atoms with E-state index in [4.69, 9.17) is 15.2 Å². The lowest BCUT2D eigenvalue weighted by molar-refractivity contribution is -0.120. The van der Waals surface area contributed by atoms with Crippen molar-refractivity contribution in [2.24, 2.45) is 0 Å². The second kappa shape index (κ2) is 6.60. The Bertz CT molecular complexity index is 698. The molecular weight excluding hydrogens is 292 g/mol. The van der Waals surface area contributed by atoms with Gasteiger partial charge in [-0.2, -0.15) is 0 Å². The van der Waals surface area contributed by atoms with Crippen LogP contribution in [0.5, 0.6) is 11.5 Å². The second-order valence-electron chi connectivity index (χ2n) is 5.46. The molecule has 1 aliphatic rings. The fourth-order valence-electron chi connectivity index (χ4n) is 2.81. The number of anilines is 2. The van der Waals surface area contributed by atoms with Gasteiger partial charge in [0.05, 0.1) is 7.11 Å². The van der Waals surface area contributed by atoms with Crippen LogP contribution in [0.2, 0.25) is 0 Å². The second-order valence-corrected chi connectivity index (χ2v) is 5.46. The third-order valence-corrected chi connectivity index (χ3v) is 4.01. The van der Waals surface area contributed by atoms with E-state index in [0.717, 1.165) is 35.5 Å². The first-order valence-corrected chi connectivity index (χ1v) is 7.63. The minimum Gasteiger partial charge on any atom is -0.497 e. The van der Waals surface area contributed by atoms with Crippen LogP contribution in [0.4, 0.5) is 11.4 Å².